The molecule has 112 valence electrons. The largest absolute Gasteiger partial charge is 0.0851 e. The predicted molar refractivity (Wildman–Crippen MR) is 87.6 cm³/mol. The van der Waals surface area contributed by atoms with E-state index < -0.39 is 0 Å². The third-order valence-electron chi connectivity index (χ3n) is 6.99. The van der Waals surface area contributed by atoms with Crippen LogP contribution in [0.4, 0.5) is 0 Å². The lowest BCUT2D eigenvalue weighted by atomic mass is 9.52. The van der Waals surface area contributed by atoms with Crippen LogP contribution in [0.5, 0.6) is 0 Å². The zero-order valence-corrected chi connectivity index (χ0v) is 14.2. The summed E-state index contributed by atoms with van der Waals surface area (Å²) in [6.07, 6.45) is 12.2. The summed E-state index contributed by atoms with van der Waals surface area (Å²) in [5.41, 5.74) is 6.42. The van der Waals surface area contributed by atoms with Crippen LogP contribution in [-0.2, 0) is 0 Å². The maximum Gasteiger partial charge on any atom is -0.00769 e. The lowest BCUT2D eigenvalue weighted by Gasteiger charge is -2.52. The molecule has 0 spiro atoms. The molecule has 0 bridgehead atoms. The average Bonchev–Trinajstić information content (AvgIpc) is 2.64. The first-order valence-corrected chi connectivity index (χ1v) is 8.75. The van der Waals surface area contributed by atoms with Gasteiger partial charge in [-0.05, 0) is 74.5 Å². The van der Waals surface area contributed by atoms with Crippen molar-refractivity contribution in [2.45, 2.75) is 79.6 Å². The topological polar surface area (TPSA) is 0 Å². The smallest absolute Gasteiger partial charge is 0.00769 e. The van der Waals surface area contributed by atoms with Crippen molar-refractivity contribution in [2.24, 2.45) is 22.7 Å². The molecule has 0 aliphatic heterocycles. The molecule has 0 heteroatoms. The Morgan fingerprint density at radius 3 is 2.55 bits per heavy atom. The zero-order chi connectivity index (χ0) is 14.5. The standard InChI is InChI=1S/C20H32/c1-14(2)16-9-13-20(5)17(16)10-12-19(4)11-8-15(3)6-7-18(19)20/h8,14,18H,6-7,9-13H2,1-5H3/t18-,19+,20-/m1/s1. The third-order valence-corrected chi connectivity index (χ3v) is 6.99. The van der Waals surface area contributed by atoms with Crippen molar-refractivity contribution in [3.05, 3.63) is 22.8 Å². The zero-order valence-electron chi connectivity index (χ0n) is 14.2. The summed E-state index contributed by atoms with van der Waals surface area (Å²) in [4.78, 5) is 0. The predicted octanol–water partition coefficient (Wildman–Crippen LogP) is 6.29. The van der Waals surface area contributed by atoms with Gasteiger partial charge in [0.1, 0.15) is 0 Å². The first-order chi connectivity index (χ1) is 9.37. The van der Waals surface area contributed by atoms with Gasteiger partial charge in [-0.25, -0.2) is 0 Å². The number of fused-ring (bicyclic) bond motifs is 3. The highest BCUT2D eigenvalue weighted by molar-refractivity contribution is 5.33. The van der Waals surface area contributed by atoms with Crippen molar-refractivity contribution in [2.75, 3.05) is 0 Å². The minimum Gasteiger partial charge on any atom is -0.0851 e. The first kappa shape index (κ1) is 14.4. The van der Waals surface area contributed by atoms with E-state index in [2.05, 4.69) is 40.7 Å². The molecule has 0 N–H and O–H groups in total. The van der Waals surface area contributed by atoms with Gasteiger partial charge in [0.15, 0.2) is 0 Å². The van der Waals surface area contributed by atoms with E-state index in [1.54, 1.807) is 5.57 Å². The van der Waals surface area contributed by atoms with E-state index in [1.165, 1.54) is 44.9 Å². The van der Waals surface area contributed by atoms with Gasteiger partial charge in [-0.15, -0.1) is 0 Å². The van der Waals surface area contributed by atoms with Gasteiger partial charge < -0.3 is 0 Å². The fraction of sp³-hybridized carbons (Fsp3) is 0.800. The number of hydrogen-bond acceptors (Lipinski definition) is 0. The summed E-state index contributed by atoms with van der Waals surface area (Å²) in [7, 11) is 0. The van der Waals surface area contributed by atoms with Crippen LogP contribution < -0.4 is 0 Å². The Labute approximate surface area is 125 Å². The Morgan fingerprint density at radius 2 is 1.85 bits per heavy atom. The summed E-state index contributed by atoms with van der Waals surface area (Å²) < 4.78 is 0. The minimum absolute atomic E-state index is 0.519. The van der Waals surface area contributed by atoms with Crippen LogP contribution in [0.15, 0.2) is 22.8 Å². The molecule has 0 radical (unpaired) electrons. The number of hydrogen-bond donors (Lipinski definition) is 0. The molecule has 3 atom stereocenters. The first-order valence-electron chi connectivity index (χ1n) is 8.75. The average molecular weight is 272 g/mol. The lowest BCUT2D eigenvalue weighted by Crippen LogP contribution is -2.43. The van der Waals surface area contributed by atoms with Crippen LogP contribution in [-0.4, -0.2) is 0 Å². The van der Waals surface area contributed by atoms with Crippen molar-refractivity contribution < 1.29 is 0 Å². The highest BCUT2D eigenvalue weighted by Gasteiger charge is 2.53. The van der Waals surface area contributed by atoms with E-state index in [4.69, 9.17) is 0 Å². The second kappa shape index (κ2) is 4.75. The van der Waals surface area contributed by atoms with Crippen LogP contribution in [0.3, 0.4) is 0 Å². The molecule has 0 amide bonds. The van der Waals surface area contributed by atoms with E-state index in [0.29, 0.717) is 10.8 Å². The van der Waals surface area contributed by atoms with Gasteiger partial charge >= 0.3 is 0 Å². The van der Waals surface area contributed by atoms with Gasteiger partial charge in [0, 0.05) is 0 Å². The molecule has 3 aliphatic rings. The summed E-state index contributed by atoms with van der Waals surface area (Å²) in [5, 5.41) is 0. The van der Waals surface area contributed by atoms with E-state index in [9.17, 15) is 0 Å². The van der Waals surface area contributed by atoms with Crippen molar-refractivity contribution in [3.63, 3.8) is 0 Å². The summed E-state index contributed by atoms with van der Waals surface area (Å²) >= 11 is 0. The molecule has 3 rings (SSSR count). The molecule has 0 aromatic carbocycles. The van der Waals surface area contributed by atoms with Crippen molar-refractivity contribution in [1.29, 1.82) is 0 Å². The highest BCUT2D eigenvalue weighted by atomic mass is 14.6. The summed E-state index contributed by atoms with van der Waals surface area (Å²) in [6, 6.07) is 0. The minimum atomic E-state index is 0.519. The lowest BCUT2D eigenvalue weighted by molar-refractivity contribution is 0.0309. The maximum absolute atomic E-state index is 2.61. The second-order valence-electron chi connectivity index (χ2n) is 8.58. The molecule has 20 heavy (non-hydrogen) atoms. The molecule has 0 unspecified atom stereocenters. The van der Waals surface area contributed by atoms with Gasteiger partial charge in [-0.3, -0.25) is 0 Å². The van der Waals surface area contributed by atoms with E-state index >= 15 is 0 Å². The fourth-order valence-electron chi connectivity index (χ4n) is 5.68. The quantitative estimate of drug-likeness (QED) is 0.492. The SMILES string of the molecule is CC1=CC[C@@]2(C)CCC3=C(C(C)C)CC[C@@]3(C)[C@@H]2CC1. The Hall–Kier alpha value is -0.520. The Bertz CT molecular complexity index is 464. The monoisotopic (exact) mass is 272 g/mol. The Kier molecular flexibility index (Phi) is 3.42. The van der Waals surface area contributed by atoms with Crippen LogP contribution >= 0.6 is 0 Å². The van der Waals surface area contributed by atoms with E-state index in [1.807, 2.05) is 11.1 Å². The molecule has 3 aliphatic carbocycles. The Morgan fingerprint density at radius 1 is 1.10 bits per heavy atom. The van der Waals surface area contributed by atoms with Crippen molar-refractivity contribution in [3.8, 4) is 0 Å². The molecule has 0 nitrogen and oxygen atoms in total. The van der Waals surface area contributed by atoms with Crippen LogP contribution in [0.25, 0.3) is 0 Å². The van der Waals surface area contributed by atoms with Crippen LogP contribution in [0.1, 0.15) is 79.6 Å². The molecule has 0 aromatic rings. The molecule has 0 heterocycles. The summed E-state index contributed by atoms with van der Waals surface area (Å²) in [5.74, 6) is 1.67. The maximum atomic E-state index is 2.61. The van der Waals surface area contributed by atoms with E-state index in [0.717, 1.165) is 11.8 Å². The van der Waals surface area contributed by atoms with Gasteiger partial charge in [-0.2, -0.15) is 0 Å². The third kappa shape index (κ3) is 2.02. The van der Waals surface area contributed by atoms with Gasteiger partial charge in [-0.1, -0.05) is 50.5 Å². The van der Waals surface area contributed by atoms with Gasteiger partial charge in [0.05, 0.1) is 0 Å². The molecule has 1 fully saturated rings. The fourth-order valence-corrected chi connectivity index (χ4v) is 5.68. The molecular weight excluding hydrogens is 240 g/mol. The van der Waals surface area contributed by atoms with Gasteiger partial charge in [0.2, 0.25) is 0 Å². The molecule has 0 saturated heterocycles. The number of allylic oxidation sites excluding steroid dienone is 4. The van der Waals surface area contributed by atoms with Crippen LogP contribution in [0, 0.1) is 22.7 Å². The van der Waals surface area contributed by atoms with E-state index in [-0.39, 0.29) is 0 Å². The second-order valence-corrected chi connectivity index (χ2v) is 8.58. The molecule has 0 aromatic heterocycles. The van der Waals surface area contributed by atoms with Crippen LogP contribution in [0.2, 0.25) is 0 Å². The number of rotatable bonds is 1. The Balaban J connectivity index is 2.00. The van der Waals surface area contributed by atoms with Gasteiger partial charge in [0.25, 0.3) is 0 Å². The van der Waals surface area contributed by atoms with Crippen molar-refractivity contribution in [1.82, 2.24) is 0 Å². The van der Waals surface area contributed by atoms with Crippen molar-refractivity contribution >= 4 is 0 Å². The normalized spacial score (nSPS) is 41.3. The molecular formula is C20H32. The highest BCUT2D eigenvalue weighted by Crippen LogP contribution is 2.64. The molecule has 1 saturated carbocycles. The summed E-state index contributed by atoms with van der Waals surface area (Å²) in [6.45, 7) is 12.3.